The molecule has 6 nitrogen and oxygen atoms in total. The average Bonchev–Trinajstić information content (AvgIpc) is 2.65. The monoisotopic (exact) mass is 338 g/mol. The summed E-state index contributed by atoms with van der Waals surface area (Å²) in [5.41, 5.74) is 1.74. The highest BCUT2D eigenvalue weighted by Gasteiger charge is 2.09. The molecular weight excluding hydrogens is 320 g/mol. The van der Waals surface area contributed by atoms with Gasteiger partial charge in [0.05, 0.1) is 18.2 Å². The predicted octanol–water partition coefficient (Wildman–Crippen LogP) is 2.43. The third-order valence-corrected chi connectivity index (χ3v) is 3.30. The topological polar surface area (TPSA) is 88.4 Å². The fourth-order valence-corrected chi connectivity index (χ4v) is 2.01. The third-order valence-electron chi connectivity index (χ3n) is 3.30. The lowest BCUT2D eigenvalue weighted by molar-refractivity contribution is -0.143. The molecule has 1 amide bonds. The van der Waals surface area contributed by atoms with E-state index in [4.69, 9.17) is 14.7 Å². The lowest BCUT2D eigenvalue weighted by atomic mass is 10.2. The Labute approximate surface area is 146 Å². The lowest BCUT2D eigenvalue weighted by Crippen LogP contribution is -2.30. The van der Waals surface area contributed by atoms with E-state index in [9.17, 15) is 9.59 Å². The summed E-state index contributed by atoms with van der Waals surface area (Å²) in [5, 5.41) is 11.2. The van der Waals surface area contributed by atoms with E-state index in [0.29, 0.717) is 23.5 Å². The molecule has 0 atom stereocenters. The Kier molecular flexibility index (Phi) is 6.55. The molecule has 2 aromatic carbocycles. The Morgan fingerprint density at radius 2 is 1.76 bits per heavy atom. The summed E-state index contributed by atoms with van der Waals surface area (Å²) in [5.74, 6) is -0.220. The Morgan fingerprint density at radius 3 is 2.36 bits per heavy atom. The zero-order chi connectivity index (χ0) is 18.1. The third kappa shape index (κ3) is 5.66. The number of hydrogen-bond acceptors (Lipinski definition) is 5. The predicted molar refractivity (Wildman–Crippen MR) is 90.9 cm³/mol. The van der Waals surface area contributed by atoms with E-state index >= 15 is 0 Å². The summed E-state index contributed by atoms with van der Waals surface area (Å²) in [6, 6.07) is 15.4. The highest BCUT2D eigenvalue weighted by Crippen LogP contribution is 2.12. The largest absolute Gasteiger partial charge is 0.494 e. The first-order valence-electron chi connectivity index (χ1n) is 7.78. The molecule has 6 heteroatoms. The molecule has 25 heavy (non-hydrogen) atoms. The van der Waals surface area contributed by atoms with Crippen LogP contribution in [0.5, 0.6) is 5.75 Å². The zero-order valence-corrected chi connectivity index (χ0v) is 13.8. The molecule has 0 aliphatic carbocycles. The molecule has 0 bridgehead atoms. The number of nitrogens with one attached hydrogen (secondary N) is 1. The van der Waals surface area contributed by atoms with Gasteiger partial charge < -0.3 is 14.8 Å². The van der Waals surface area contributed by atoms with E-state index in [-0.39, 0.29) is 19.1 Å². The van der Waals surface area contributed by atoms with Crippen molar-refractivity contribution in [2.75, 3.05) is 13.2 Å². The van der Waals surface area contributed by atoms with Gasteiger partial charge in [-0.05, 0) is 48.9 Å². The smallest absolute Gasteiger partial charge is 0.325 e. The summed E-state index contributed by atoms with van der Waals surface area (Å²) in [6.45, 7) is 2.30. The van der Waals surface area contributed by atoms with Crippen LogP contribution in [-0.2, 0) is 16.1 Å². The van der Waals surface area contributed by atoms with Gasteiger partial charge in [-0.3, -0.25) is 9.59 Å². The van der Waals surface area contributed by atoms with E-state index in [1.165, 1.54) is 0 Å². The van der Waals surface area contributed by atoms with E-state index in [1.54, 1.807) is 48.5 Å². The number of hydrogen-bond donors (Lipinski definition) is 1. The van der Waals surface area contributed by atoms with Crippen LogP contribution in [0.4, 0.5) is 0 Å². The number of esters is 1. The number of carbonyl (C=O) groups is 2. The molecule has 0 aliphatic heterocycles. The average molecular weight is 338 g/mol. The van der Waals surface area contributed by atoms with Crippen LogP contribution in [0.25, 0.3) is 0 Å². The molecule has 0 aromatic heterocycles. The lowest BCUT2D eigenvalue weighted by Gasteiger charge is -2.08. The van der Waals surface area contributed by atoms with Crippen molar-refractivity contribution in [3.8, 4) is 11.8 Å². The molecule has 0 saturated heterocycles. The number of nitrogens with zero attached hydrogens (tertiary/aromatic N) is 1. The van der Waals surface area contributed by atoms with E-state index in [0.717, 1.165) is 5.56 Å². The molecule has 1 N–H and O–H groups in total. The molecule has 0 saturated carbocycles. The minimum absolute atomic E-state index is 0.0868. The second kappa shape index (κ2) is 9.08. The van der Waals surface area contributed by atoms with Gasteiger partial charge in [-0.25, -0.2) is 0 Å². The molecule has 0 unspecified atom stereocenters. The molecule has 0 spiro atoms. The molecule has 2 aromatic rings. The number of rotatable bonds is 7. The van der Waals surface area contributed by atoms with Gasteiger partial charge in [-0.15, -0.1) is 0 Å². The summed E-state index contributed by atoms with van der Waals surface area (Å²) < 4.78 is 10.4. The number of amides is 1. The highest BCUT2D eigenvalue weighted by molar-refractivity contribution is 5.96. The quantitative estimate of drug-likeness (QED) is 0.783. The van der Waals surface area contributed by atoms with Crippen molar-refractivity contribution < 1.29 is 19.1 Å². The van der Waals surface area contributed by atoms with Gasteiger partial charge in [0, 0.05) is 5.56 Å². The SMILES string of the molecule is CCOc1ccc(C(=O)NCC(=O)OCc2ccc(C#N)cc2)cc1. The van der Waals surface area contributed by atoms with Crippen LogP contribution in [-0.4, -0.2) is 25.0 Å². The van der Waals surface area contributed by atoms with E-state index < -0.39 is 5.97 Å². The maximum absolute atomic E-state index is 12.0. The van der Waals surface area contributed by atoms with Crippen LogP contribution >= 0.6 is 0 Å². The summed E-state index contributed by atoms with van der Waals surface area (Å²) >= 11 is 0. The van der Waals surface area contributed by atoms with Crippen molar-refractivity contribution in [3.63, 3.8) is 0 Å². The summed E-state index contributed by atoms with van der Waals surface area (Å²) in [7, 11) is 0. The summed E-state index contributed by atoms with van der Waals surface area (Å²) in [6.07, 6.45) is 0. The summed E-state index contributed by atoms with van der Waals surface area (Å²) in [4.78, 5) is 23.7. The van der Waals surface area contributed by atoms with Crippen LogP contribution in [0.1, 0.15) is 28.4 Å². The van der Waals surface area contributed by atoms with Crippen LogP contribution in [0, 0.1) is 11.3 Å². The maximum atomic E-state index is 12.0. The zero-order valence-electron chi connectivity index (χ0n) is 13.8. The van der Waals surface area contributed by atoms with Gasteiger partial charge in [-0.1, -0.05) is 12.1 Å². The maximum Gasteiger partial charge on any atom is 0.325 e. The van der Waals surface area contributed by atoms with Gasteiger partial charge in [-0.2, -0.15) is 5.26 Å². The standard InChI is InChI=1S/C19H18N2O4/c1-2-24-17-9-7-16(8-10-17)19(23)21-12-18(22)25-13-15-5-3-14(11-20)4-6-15/h3-10H,2,12-13H2,1H3,(H,21,23). The fourth-order valence-electron chi connectivity index (χ4n) is 2.01. The highest BCUT2D eigenvalue weighted by atomic mass is 16.5. The van der Waals surface area contributed by atoms with Crippen molar-refractivity contribution in [1.29, 1.82) is 5.26 Å². The van der Waals surface area contributed by atoms with Gasteiger partial charge in [0.2, 0.25) is 0 Å². The second-order valence-corrected chi connectivity index (χ2v) is 5.11. The number of benzene rings is 2. The van der Waals surface area contributed by atoms with E-state index in [1.807, 2.05) is 13.0 Å². The van der Waals surface area contributed by atoms with Gasteiger partial charge in [0.15, 0.2) is 0 Å². The van der Waals surface area contributed by atoms with Crippen molar-refractivity contribution in [2.24, 2.45) is 0 Å². The molecule has 128 valence electrons. The molecule has 0 radical (unpaired) electrons. The Hall–Kier alpha value is -3.33. The second-order valence-electron chi connectivity index (χ2n) is 5.11. The Bertz CT molecular complexity index is 762. The number of nitriles is 1. The van der Waals surface area contributed by atoms with Crippen LogP contribution in [0.3, 0.4) is 0 Å². The first kappa shape index (κ1) is 18.0. The number of carbonyl (C=O) groups excluding carboxylic acids is 2. The van der Waals surface area contributed by atoms with Crippen LogP contribution < -0.4 is 10.1 Å². The molecular formula is C19H18N2O4. The van der Waals surface area contributed by atoms with Crippen molar-refractivity contribution in [1.82, 2.24) is 5.32 Å². The Balaban J connectivity index is 1.76. The van der Waals surface area contributed by atoms with Gasteiger partial charge in [0.1, 0.15) is 18.9 Å². The first-order chi connectivity index (χ1) is 12.1. The normalized spacial score (nSPS) is 9.76. The molecule has 0 fully saturated rings. The first-order valence-corrected chi connectivity index (χ1v) is 7.78. The molecule has 0 aliphatic rings. The van der Waals surface area contributed by atoms with Crippen LogP contribution in [0.15, 0.2) is 48.5 Å². The Morgan fingerprint density at radius 1 is 1.08 bits per heavy atom. The number of ether oxygens (including phenoxy) is 2. The molecule has 2 rings (SSSR count). The van der Waals surface area contributed by atoms with E-state index in [2.05, 4.69) is 5.32 Å². The van der Waals surface area contributed by atoms with Crippen LogP contribution in [0.2, 0.25) is 0 Å². The van der Waals surface area contributed by atoms with Crippen molar-refractivity contribution in [2.45, 2.75) is 13.5 Å². The van der Waals surface area contributed by atoms with Gasteiger partial charge in [0.25, 0.3) is 5.91 Å². The van der Waals surface area contributed by atoms with Crippen molar-refractivity contribution in [3.05, 3.63) is 65.2 Å². The van der Waals surface area contributed by atoms with Gasteiger partial charge >= 0.3 is 5.97 Å². The fraction of sp³-hybridized carbons (Fsp3) is 0.211. The molecule has 0 heterocycles. The van der Waals surface area contributed by atoms with Crippen molar-refractivity contribution >= 4 is 11.9 Å². The minimum Gasteiger partial charge on any atom is -0.494 e. The minimum atomic E-state index is -0.538.